The van der Waals surface area contributed by atoms with Crippen molar-refractivity contribution in [1.82, 2.24) is 4.90 Å². The Hall–Kier alpha value is -2.20. The Bertz CT molecular complexity index is 1000. The van der Waals surface area contributed by atoms with Crippen LogP contribution in [0.4, 0.5) is 11.4 Å². The third-order valence-corrected chi connectivity index (χ3v) is 6.68. The number of para-hydroxylation sites is 1. The molecule has 0 amide bonds. The summed E-state index contributed by atoms with van der Waals surface area (Å²) in [6, 6.07) is 14.2. The van der Waals surface area contributed by atoms with Crippen LogP contribution in [0.2, 0.25) is 5.02 Å². The second-order valence-corrected chi connectivity index (χ2v) is 9.08. The molecule has 8 nitrogen and oxygen atoms in total. The number of fused-ring (bicyclic) bond motifs is 2. The molecule has 1 saturated heterocycles. The van der Waals surface area contributed by atoms with Gasteiger partial charge in [-0.15, -0.1) is 0 Å². The molecule has 0 unspecified atom stereocenters. The number of aliphatic carboxylic acids is 1. The van der Waals surface area contributed by atoms with Crippen molar-refractivity contribution in [2.45, 2.75) is 49.9 Å². The summed E-state index contributed by atoms with van der Waals surface area (Å²) in [6.45, 7) is 1.12. The Kier molecular flexibility index (Phi) is 7.23. The zero-order chi connectivity index (χ0) is 23.7. The van der Waals surface area contributed by atoms with Gasteiger partial charge in [0.2, 0.25) is 0 Å². The lowest BCUT2D eigenvalue weighted by atomic mass is 9.97. The van der Waals surface area contributed by atoms with E-state index < -0.39 is 36.6 Å². The Morgan fingerprint density at radius 3 is 2.48 bits per heavy atom. The highest BCUT2D eigenvalue weighted by Gasteiger charge is 2.48. The van der Waals surface area contributed by atoms with E-state index in [2.05, 4.69) is 23.1 Å². The van der Waals surface area contributed by atoms with Gasteiger partial charge in [0.25, 0.3) is 0 Å². The summed E-state index contributed by atoms with van der Waals surface area (Å²) in [5, 5.41) is 40.3. The molecule has 0 aromatic heterocycles. The Morgan fingerprint density at radius 2 is 1.76 bits per heavy atom. The van der Waals surface area contributed by atoms with Crippen molar-refractivity contribution in [3.8, 4) is 0 Å². The highest BCUT2D eigenvalue weighted by molar-refractivity contribution is 6.30. The number of hydrogen-bond acceptors (Lipinski definition) is 7. The highest BCUT2D eigenvalue weighted by Crippen LogP contribution is 2.37. The second kappa shape index (κ2) is 9.97. The van der Waals surface area contributed by atoms with Crippen molar-refractivity contribution in [3.05, 3.63) is 58.6 Å². The van der Waals surface area contributed by atoms with Gasteiger partial charge < -0.3 is 30.1 Å². The number of anilines is 2. The maximum atomic E-state index is 11.4. The van der Waals surface area contributed by atoms with Crippen molar-refractivity contribution in [2.24, 2.45) is 0 Å². The molecule has 2 aromatic carbocycles. The molecule has 2 aliphatic heterocycles. The number of nitrogens with zero attached hydrogens (tertiary/aromatic N) is 2. The molecule has 2 aliphatic rings. The predicted octanol–water partition coefficient (Wildman–Crippen LogP) is 1.79. The summed E-state index contributed by atoms with van der Waals surface area (Å²) in [7, 11) is 1.69. The SMILES string of the molecule is CN(CCCN1c2ccccc2CCc2ccc(Cl)cc21)[C@@H]1O[C@H](C(=O)O)[C@@H](O)[C@H](O)[C@H]1O. The summed E-state index contributed by atoms with van der Waals surface area (Å²) in [4.78, 5) is 15.3. The van der Waals surface area contributed by atoms with Gasteiger partial charge in [0.05, 0.1) is 0 Å². The molecule has 2 heterocycles. The van der Waals surface area contributed by atoms with E-state index in [1.807, 2.05) is 24.3 Å². The van der Waals surface area contributed by atoms with Gasteiger partial charge in [0.1, 0.15) is 24.5 Å². The van der Waals surface area contributed by atoms with Crippen LogP contribution in [0.25, 0.3) is 0 Å². The average Bonchev–Trinajstić information content (AvgIpc) is 2.94. The molecule has 5 atom stereocenters. The number of carboxylic acid groups (broad SMARTS) is 1. The van der Waals surface area contributed by atoms with E-state index in [-0.39, 0.29) is 0 Å². The quantitative estimate of drug-likeness (QED) is 0.499. The third kappa shape index (κ3) is 4.87. The third-order valence-electron chi connectivity index (χ3n) is 6.44. The fourth-order valence-corrected chi connectivity index (χ4v) is 4.83. The van der Waals surface area contributed by atoms with Crippen LogP contribution in [0.3, 0.4) is 0 Å². The summed E-state index contributed by atoms with van der Waals surface area (Å²) < 4.78 is 5.43. The Labute approximate surface area is 197 Å². The summed E-state index contributed by atoms with van der Waals surface area (Å²) in [5.41, 5.74) is 4.66. The van der Waals surface area contributed by atoms with Gasteiger partial charge in [-0.3, -0.25) is 4.90 Å². The minimum absolute atomic E-state index is 0.464. The molecule has 9 heteroatoms. The number of carbonyl (C=O) groups is 1. The van der Waals surface area contributed by atoms with Crippen LogP contribution >= 0.6 is 11.6 Å². The van der Waals surface area contributed by atoms with Gasteiger partial charge >= 0.3 is 5.97 Å². The van der Waals surface area contributed by atoms with Crippen LogP contribution in [-0.2, 0) is 22.4 Å². The molecule has 0 bridgehead atoms. The van der Waals surface area contributed by atoms with E-state index in [0.29, 0.717) is 24.5 Å². The molecular weight excluding hydrogens is 448 g/mol. The number of aliphatic hydroxyl groups excluding tert-OH is 3. The van der Waals surface area contributed by atoms with Crippen molar-refractivity contribution in [1.29, 1.82) is 0 Å². The zero-order valence-corrected chi connectivity index (χ0v) is 19.1. The molecule has 33 heavy (non-hydrogen) atoms. The van der Waals surface area contributed by atoms with Crippen LogP contribution in [0.5, 0.6) is 0 Å². The van der Waals surface area contributed by atoms with Crippen LogP contribution in [-0.4, -0.2) is 82.1 Å². The maximum absolute atomic E-state index is 11.4. The van der Waals surface area contributed by atoms with Gasteiger partial charge in [-0.2, -0.15) is 0 Å². The number of likely N-dealkylation sites (N-methyl/N-ethyl adjacent to an activating group) is 1. The molecule has 1 fully saturated rings. The second-order valence-electron chi connectivity index (χ2n) is 8.64. The van der Waals surface area contributed by atoms with Crippen LogP contribution < -0.4 is 4.90 Å². The molecule has 2 aromatic rings. The van der Waals surface area contributed by atoms with E-state index >= 15 is 0 Å². The number of rotatable bonds is 6. The highest BCUT2D eigenvalue weighted by atomic mass is 35.5. The van der Waals surface area contributed by atoms with Gasteiger partial charge in [0, 0.05) is 29.5 Å². The van der Waals surface area contributed by atoms with Gasteiger partial charge in [-0.25, -0.2) is 4.79 Å². The minimum Gasteiger partial charge on any atom is -0.479 e. The number of aliphatic hydroxyl groups is 3. The van der Waals surface area contributed by atoms with Crippen LogP contribution in [0, 0.1) is 0 Å². The number of aryl methyl sites for hydroxylation is 2. The molecule has 0 saturated carbocycles. The molecule has 0 spiro atoms. The van der Waals surface area contributed by atoms with E-state index in [1.165, 1.54) is 11.1 Å². The summed E-state index contributed by atoms with van der Waals surface area (Å²) >= 11 is 6.32. The van der Waals surface area contributed by atoms with E-state index in [1.54, 1.807) is 11.9 Å². The van der Waals surface area contributed by atoms with Gasteiger partial charge in [-0.05, 0) is 55.6 Å². The van der Waals surface area contributed by atoms with E-state index in [9.17, 15) is 25.2 Å². The first-order chi connectivity index (χ1) is 15.8. The molecule has 0 aliphatic carbocycles. The Balaban J connectivity index is 1.49. The first kappa shape index (κ1) is 23.9. The van der Waals surface area contributed by atoms with Crippen molar-refractivity contribution in [2.75, 3.05) is 25.0 Å². The zero-order valence-electron chi connectivity index (χ0n) is 18.3. The standard InChI is InChI=1S/C24H29ClN2O6/c1-26(23-21(30)19(28)20(29)22(33-23)24(31)32)11-4-12-27-17-6-3-2-5-14(17)7-8-15-9-10-16(25)13-18(15)27/h2-3,5-6,9-10,13,19-23,28-30H,4,7-8,11-12H2,1H3,(H,31,32)/t19-,20-,21+,22-,23+/m0/s1. The molecule has 0 radical (unpaired) electrons. The monoisotopic (exact) mass is 476 g/mol. The number of hydrogen-bond donors (Lipinski definition) is 4. The number of benzene rings is 2. The molecule has 4 N–H and O–H groups in total. The minimum atomic E-state index is -1.70. The molecular formula is C24H29ClN2O6. The molecule has 4 rings (SSSR count). The van der Waals surface area contributed by atoms with E-state index in [4.69, 9.17) is 16.3 Å². The fourth-order valence-electron chi connectivity index (χ4n) is 4.66. The van der Waals surface area contributed by atoms with Crippen LogP contribution in [0.15, 0.2) is 42.5 Å². The number of halogens is 1. The van der Waals surface area contributed by atoms with Crippen molar-refractivity contribution >= 4 is 28.9 Å². The maximum Gasteiger partial charge on any atom is 0.335 e. The van der Waals surface area contributed by atoms with Crippen molar-refractivity contribution < 1.29 is 30.0 Å². The topological polar surface area (TPSA) is 114 Å². The molecule has 178 valence electrons. The first-order valence-corrected chi connectivity index (χ1v) is 11.4. The smallest absolute Gasteiger partial charge is 0.335 e. The van der Waals surface area contributed by atoms with Gasteiger partial charge in [0.15, 0.2) is 6.10 Å². The predicted molar refractivity (Wildman–Crippen MR) is 124 cm³/mol. The number of carboxylic acids is 1. The normalized spacial score (nSPS) is 27.1. The Morgan fingerprint density at radius 1 is 1.06 bits per heavy atom. The first-order valence-electron chi connectivity index (χ1n) is 11.0. The van der Waals surface area contributed by atoms with E-state index in [0.717, 1.165) is 24.2 Å². The lowest BCUT2D eigenvalue weighted by molar-refractivity contribution is -0.256. The summed E-state index contributed by atoms with van der Waals surface area (Å²) in [5.74, 6) is -1.39. The average molecular weight is 477 g/mol. The van der Waals surface area contributed by atoms with Crippen LogP contribution in [0.1, 0.15) is 17.5 Å². The van der Waals surface area contributed by atoms with Gasteiger partial charge in [-0.1, -0.05) is 35.9 Å². The summed E-state index contributed by atoms with van der Waals surface area (Å²) in [6.07, 6.45) is -4.89. The number of ether oxygens (including phenoxy) is 1. The lowest BCUT2D eigenvalue weighted by Gasteiger charge is -2.42. The fraction of sp³-hybridized carbons (Fsp3) is 0.458. The van der Waals surface area contributed by atoms with Crippen molar-refractivity contribution in [3.63, 3.8) is 0 Å². The largest absolute Gasteiger partial charge is 0.479 e. The lowest BCUT2D eigenvalue weighted by Crippen LogP contribution is -2.63.